The van der Waals surface area contributed by atoms with Crippen molar-refractivity contribution in [2.45, 2.75) is 33.4 Å². The average Bonchev–Trinajstić information content (AvgIpc) is 3.24. The first-order chi connectivity index (χ1) is 15.4. The molecule has 0 atom stereocenters. The first kappa shape index (κ1) is 23.7. The molecule has 0 saturated carbocycles. The minimum absolute atomic E-state index is 0.00428. The van der Waals surface area contributed by atoms with Crippen LogP contribution in [0.2, 0.25) is 0 Å². The number of esters is 1. The second-order valence-electron chi connectivity index (χ2n) is 7.75. The number of amides is 2. The van der Waals surface area contributed by atoms with Gasteiger partial charge >= 0.3 is 5.97 Å². The lowest BCUT2D eigenvalue weighted by Crippen LogP contribution is -2.33. The van der Waals surface area contributed by atoms with Gasteiger partial charge in [0.05, 0.1) is 18.6 Å². The summed E-state index contributed by atoms with van der Waals surface area (Å²) in [4.78, 5) is 41.6. The number of nitrogens with one attached hydrogen (secondary N) is 2. The summed E-state index contributed by atoms with van der Waals surface area (Å²) in [5, 5.41) is 7.76. The highest BCUT2D eigenvalue weighted by atomic mass is 32.1. The van der Waals surface area contributed by atoms with Gasteiger partial charge < -0.3 is 20.1 Å². The maximum Gasteiger partial charge on any atom is 0.310 e. The molecule has 2 N–H and O–H groups in total. The molecule has 2 aromatic rings. The molecule has 0 radical (unpaired) electrons. The molecule has 1 aliphatic rings. The Morgan fingerprint density at radius 3 is 2.72 bits per heavy atom. The van der Waals surface area contributed by atoms with Crippen molar-refractivity contribution in [3.63, 3.8) is 0 Å². The summed E-state index contributed by atoms with van der Waals surface area (Å²) >= 11 is 1.26. The number of benzene rings is 1. The molecule has 2 amide bonds. The van der Waals surface area contributed by atoms with Crippen LogP contribution < -0.4 is 20.2 Å². The lowest BCUT2D eigenvalue weighted by molar-refractivity contribution is -0.153. The first-order valence-electron chi connectivity index (χ1n) is 10.5. The van der Waals surface area contributed by atoms with E-state index in [-0.39, 0.29) is 36.0 Å². The van der Waals surface area contributed by atoms with Gasteiger partial charge in [-0.1, -0.05) is 13.8 Å². The Hall–Kier alpha value is -2.98. The first-order valence-corrected chi connectivity index (χ1v) is 11.4. The van der Waals surface area contributed by atoms with Crippen molar-refractivity contribution >= 4 is 34.8 Å². The lowest BCUT2D eigenvalue weighted by atomic mass is 9.99. The molecule has 0 unspecified atom stereocenters. The quantitative estimate of drug-likeness (QED) is 0.614. The topological polar surface area (TPSA) is 111 Å². The number of nitrogens with zero attached hydrogens (tertiary/aromatic N) is 2. The van der Waals surface area contributed by atoms with Crippen molar-refractivity contribution in [2.75, 3.05) is 25.5 Å². The van der Waals surface area contributed by atoms with Gasteiger partial charge in [-0.15, -0.1) is 11.3 Å². The summed E-state index contributed by atoms with van der Waals surface area (Å²) in [7, 11) is 1.45. The number of hydrogen-bond acceptors (Lipinski definition) is 7. The number of rotatable bonds is 7. The standard InChI is InChI=1S/C22H28N4O5S/c1-14(2)19(27)24-16-4-5-17(18(12-16)30-3)20(28)25-22-26(10-11-32-22)13-31-21(29)15-6-8-23-9-7-15/h4-5,10-12,14-15,23H,6-9,13H2,1-3H3,(H,24,27)/b25-22-. The summed E-state index contributed by atoms with van der Waals surface area (Å²) in [6, 6.07) is 4.79. The van der Waals surface area contributed by atoms with Crippen LogP contribution in [-0.2, 0) is 21.1 Å². The molecule has 0 bridgehead atoms. The van der Waals surface area contributed by atoms with E-state index in [0.29, 0.717) is 16.2 Å². The van der Waals surface area contributed by atoms with E-state index >= 15 is 0 Å². The molecule has 2 heterocycles. The molecular weight excluding hydrogens is 432 g/mol. The van der Waals surface area contributed by atoms with Gasteiger partial charge in [-0.3, -0.25) is 19.0 Å². The second kappa shape index (κ2) is 11.1. The van der Waals surface area contributed by atoms with E-state index in [2.05, 4.69) is 15.6 Å². The Morgan fingerprint density at radius 2 is 2.03 bits per heavy atom. The molecule has 0 spiro atoms. The van der Waals surface area contributed by atoms with Gasteiger partial charge in [0.15, 0.2) is 11.5 Å². The molecule has 1 aliphatic heterocycles. The van der Waals surface area contributed by atoms with E-state index in [9.17, 15) is 14.4 Å². The monoisotopic (exact) mass is 460 g/mol. The summed E-state index contributed by atoms with van der Waals surface area (Å²) < 4.78 is 12.4. The average molecular weight is 461 g/mol. The predicted octanol–water partition coefficient (Wildman–Crippen LogP) is 2.39. The van der Waals surface area contributed by atoms with Crippen molar-refractivity contribution in [3.8, 4) is 5.75 Å². The highest BCUT2D eigenvalue weighted by Gasteiger charge is 2.22. The molecular formula is C22H28N4O5S. The summed E-state index contributed by atoms with van der Waals surface area (Å²) in [5.74, 6) is -0.824. The SMILES string of the molecule is COc1cc(NC(=O)C(C)C)ccc1C(=O)/N=c1\sccn1COC(=O)C1CCNCC1. The van der Waals surface area contributed by atoms with Gasteiger partial charge in [-0.05, 0) is 38.1 Å². The summed E-state index contributed by atoms with van der Waals surface area (Å²) in [6.07, 6.45) is 3.24. The van der Waals surface area contributed by atoms with Gasteiger partial charge in [-0.25, -0.2) is 0 Å². The van der Waals surface area contributed by atoms with E-state index in [1.165, 1.54) is 18.4 Å². The Kier molecular flexibility index (Phi) is 8.18. The number of methoxy groups -OCH3 is 1. The smallest absolute Gasteiger partial charge is 0.310 e. The largest absolute Gasteiger partial charge is 0.496 e. The highest BCUT2D eigenvalue weighted by molar-refractivity contribution is 7.07. The maximum absolute atomic E-state index is 12.8. The fourth-order valence-corrected chi connectivity index (χ4v) is 3.89. The number of aromatic nitrogens is 1. The normalized spacial score (nSPS) is 14.9. The van der Waals surface area contributed by atoms with Crippen LogP contribution in [0.3, 0.4) is 0 Å². The van der Waals surface area contributed by atoms with Crippen molar-refractivity contribution in [3.05, 3.63) is 40.1 Å². The highest BCUT2D eigenvalue weighted by Crippen LogP contribution is 2.24. The molecule has 1 fully saturated rings. The van der Waals surface area contributed by atoms with Crippen molar-refractivity contribution < 1.29 is 23.9 Å². The third-order valence-electron chi connectivity index (χ3n) is 5.10. The number of anilines is 1. The Balaban J connectivity index is 1.72. The zero-order chi connectivity index (χ0) is 23.1. The molecule has 32 heavy (non-hydrogen) atoms. The number of piperidine rings is 1. The van der Waals surface area contributed by atoms with E-state index in [0.717, 1.165) is 25.9 Å². The van der Waals surface area contributed by atoms with Crippen LogP contribution >= 0.6 is 11.3 Å². The minimum atomic E-state index is -0.496. The van der Waals surface area contributed by atoms with Crippen molar-refractivity contribution in [1.29, 1.82) is 0 Å². The molecule has 172 valence electrons. The third kappa shape index (κ3) is 6.04. The van der Waals surface area contributed by atoms with Gasteiger partial charge in [0.1, 0.15) is 5.75 Å². The zero-order valence-corrected chi connectivity index (χ0v) is 19.2. The van der Waals surface area contributed by atoms with Crippen molar-refractivity contribution in [1.82, 2.24) is 9.88 Å². The van der Waals surface area contributed by atoms with Crippen LogP contribution in [0.4, 0.5) is 5.69 Å². The molecule has 1 aromatic heterocycles. The third-order valence-corrected chi connectivity index (χ3v) is 5.89. The van der Waals surface area contributed by atoms with Crippen LogP contribution in [-0.4, -0.2) is 42.6 Å². The molecule has 10 heteroatoms. The number of hydrogen-bond donors (Lipinski definition) is 2. The van der Waals surface area contributed by atoms with Gasteiger partial charge in [0.25, 0.3) is 5.91 Å². The Bertz CT molecular complexity index is 1040. The van der Waals surface area contributed by atoms with E-state index in [1.807, 2.05) is 0 Å². The van der Waals surface area contributed by atoms with Crippen LogP contribution in [0.1, 0.15) is 37.0 Å². The van der Waals surface area contributed by atoms with E-state index < -0.39 is 5.91 Å². The molecule has 1 saturated heterocycles. The molecule has 9 nitrogen and oxygen atoms in total. The van der Waals surface area contributed by atoms with Gasteiger partial charge in [0.2, 0.25) is 5.91 Å². The van der Waals surface area contributed by atoms with E-state index in [1.54, 1.807) is 48.2 Å². The second-order valence-corrected chi connectivity index (χ2v) is 8.62. The fraction of sp³-hybridized carbons (Fsp3) is 0.455. The van der Waals surface area contributed by atoms with Gasteiger partial charge in [-0.2, -0.15) is 4.99 Å². The molecule has 0 aliphatic carbocycles. The van der Waals surface area contributed by atoms with Crippen molar-refractivity contribution in [2.24, 2.45) is 16.8 Å². The zero-order valence-electron chi connectivity index (χ0n) is 18.4. The molecule has 1 aromatic carbocycles. The number of ether oxygens (including phenoxy) is 2. The number of carbonyl (C=O) groups is 3. The fourth-order valence-electron chi connectivity index (χ4n) is 3.17. The minimum Gasteiger partial charge on any atom is -0.496 e. The van der Waals surface area contributed by atoms with Crippen LogP contribution in [0.5, 0.6) is 5.75 Å². The predicted molar refractivity (Wildman–Crippen MR) is 120 cm³/mol. The Labute approximate surface area is 190 Å². The number of thiazole rings is 1. The summed E-state index contributed by atoms with van der Waals surface area (Å²) in [6.45, 7) is 5.20. The van der Waals surface area contributed by atoms with Crippen LogP contribution in [0, 0.1) is 11.8 Å². The van der Waals surface area contributed by atoms with Gasteiger partial charge in [0, 0.05) is 29.2 Å². The molecule has 3 rings (SSSR count). The Morgan fingerprint density at radius 1 is 1.28 bits per heavy atom. The number of carbonyl (C=O) groups excluding carboxylic acids is 3. The van der Waals surface area contributed by atoms with Crippen LogP contribution in [0.25, 0.3) is 0 Å². The van der Waals surface area contributed by atoms with E-state index in [4.69, 9.17) is 9.47 Å². The maximum atomic E-state index is 12.8. The summed E-state index contributed by atoms with van der Waals surface area (Å²) in [5.41, 5.74) is 0.801. The van der Waals surface area contributed by atoms with Crippen LogP contribution in [0.15, 0.2) is 34.8 Å². The lowest BCUT2D eigenvalue weighted by Gasteiger charge is -2.20.